The third-order valence-electron chi connectivity index (χ3n) is 3.65. The molecule has 2 heteroatoms. The molecule has 0 aliphatic rings. The Morgan fingerprint density at radius 3 is 2.33 bits per heavy atom. The largest absolute Gasteiger partial charge is 0.276 e. The highest BCUT2D eigenvalue weighted by molar-refractivity contribution is 6.66. The summed E-state index contributed by atoms with van der Waals surface area (Å²) in [6.07, 6.45) is 9.14. The van der Waals surface area contributed by atoms with Crippen LogP contribution in [-0.2, 0) is 4.79 Å². The van der Waals surface area contributed by atoms with E-state index < -0.39 is 5.24 Å². The lowest BCUT2D eigenvalue weighted by atomic mass is 9.85. The van der Waals surface area contributed by atoms with E-state index in [9.17, 15) is 4.79 Å². The van der Waals surface area contributed by atoms with E-state index in [-0.39, 0.29) is 0 Å². The van der Waals surface area contributed by atoms with Crippen molar-refractivity contribution in [1.82, 2.24) is 0 Å². The van der Waals surface area contributed by atoms with Gasteiger partial charge in [-0.25, -0.2) is 0 Å². The van der Waals surface area contributed by atoms with Crippen molar-refractivity contribution in [2.75, 3.05) is 0 Å². The number of hydrogen-bond acceptors (Lipinski definition) is 1. The molecule has 0 rings (SSSR count). The molecule has 0 bridgehead atoms. The van der Waals surface area contributed by atoms with E-state index in [1.807, 2.05) is 13.0 Å². The molecule has 3 atom stereocenters. The molecular weight excluding hydrogens is 244 g/mol. The van der Waals surface area contributed by atoms with Crippen molar-refractivity contribution < 1.29 is 4.79 Å². The average Bonchev–Trinajstić information content (AvgIpc) is 2.26. The maximum atomic E-state index is 10.7. The van der Waals surface area contributed by atoms with Crippen molar-refractivity contribution >= 4 is 16.8 Å². The average molecular weight is 271 g/mol. The quantitative estimate of drug-likeness (QED) is 0.330. The molecule has 0 aromatic rings. The first-order valence-corrected chi connectivity index (χ1v) is 7.28. The first-order chi connectivity index (χ1) is 8.36. The van der Waals surface area contributed by atoms with Crippen molar-refractivity contribution in [2.24, 2.45) is 17.8 Å². The van der Waals surface area contributed by atoms with Gasteiger partial charge in [0.2, 0.25) is 5.24 Å². The predicted octanol–water partition coefficient (Wildman–Crippen LogP) is 5.35. The molecule has 0 fully saturated rings. The van der Waals surface area contributed by atoms with E-state index in [1.165, 1.54) is 18.9 Å². The molecule has 0 spiro atoms. The van der Waals surface area contributed by atoms with Crippen LogP contribution in [0.15, 0.2) is 23.8 Å². The molecule has 0 saturated heterocycles. The number of halogens is 1. The van der Waals surface area contributed by atoms with Crippen LogP contribution in [0.2, 0.25) is 0 Å². The minimum atomic E-state index is -0.407. The van der Waals surface area contributed by atoms with Gasteiger partial charge in [-0.15, -0.1) is 0 Å². The van der Waals surface area contributed by atoms with Crippen molar-refractivity contribution in [3.05, 3.63) is 23.8 Å². The SMILES string of the molecule is CCC(C)C(C)CC(C)C/C=C/C(C)=C/C(=O)Cl. The molecule has 0 amide bonds. The van der Waals surface area contributed by atoms with Gasteiger partial charge in [-0.3, -0.25) is 4.79 Å². The topological polar surface area (TPSA) is 17.1 Å². The Balaban J connectivity index is 4.07. The minimum Gasteiger partial charge on any atom is -0.276 e. The van der Waals surface area contributed by atoms with Crippen LogP contribution in [0.25, 0.3) is 0 Å². The van der Waals surface area contributed by atoms with Crippen LogP contribution in [0.3, 0.4) is 0 Å². The monoisotopic (exact) mass is 270 g/mol. The second-order valence-corrected chi connectivity index (χ2v) is 5.91. The second-order valence-electron chi connectivity index (χ2n) is 5.53. The summed E-state index contributed by atoms with van der Waals surface area (Å²) < 4.78 is 0. The van der Waals surface area contributed by atoms with Crippen LogP contribution < -0.4 is 0 Å². The van der Waals surface area contributed by atoms with E-state index >= 15 is 0 Å². The zero-order valence-electron chi connectivity index (χ0n) is 12.4. The molecule has 3 unspecified atom stereocenters. The smallest absolute Gasteiger partial charge is 0.245 e. The summed E-state index contributed by atoms with van der Waals surface area (Å²) in [6.45, 7) is 11.1. The molecule has 104 valence electrons. The third kappa shape index (κ3) is 8.52. The van der Waals surface area contributed by atoms with Crippen molar-refractivity contribution in [3.63, 3.8) is 0 Å². The summed E-state index contributed by atoms with van der Waals surface area (Å²) in [6, 6.07) is 0. The number of rotatable bonds is 8. The second kappa shape index (κ2) is 9.38. The molecular formula is C16H27ClO. The summed E-state index contributed by atoms with van der Waals surface area (Å²) >= 11 is 5.28. The highest BCUT2D eigenvalue weighted by Crippen LogP contribution is 2.24. The maximum absolute atomic E-state index is 10.7. The van der Waals surface area contributed by atoms with Crippen molar-refractivity contribution in [1.29, 1.82) is 0 Å². The molecule has 0 aromatic carbocycles. The predicted molar refractivity (Wildman–Crippen MR) is 80.8 cm³/mol. The van der Waals surface area contributed by atoms with Crippen molar-refractivity contribution in [2.45, 2.75) is 53.9 Å². The fourth-order valence-corrected chi connectivity index (χ4v) is 2.25. The van der Waals surface area contributed by atoms with Gasteiger partial charge in [-0.1, -0.05) is 46.3 Å². The summed E-state index contributed by atoms with van der Waals surface area (Å²) in [4.78, 5) is 10.7. The maximum Gasteiger partial charge on any atom is 0.245 e. The zero-order valence-corrected chi connectivity index (χ0v) is 13.1. The van der Waals surface area contributed by atoms with Gasteiger partial charge in [0.15, 0.2) is 0 Å². The van der Waals surface area contributed by atoms with Gasteiger partial charge in [0.25, 0.3) is 0 Å². The molecule has 0 aliphatic heterocycles. The normalized spacial score (nSPS) is 17.8. The molecule has 0 aromatic heterocycles. The van der Waals surface area contributed by atoms with E-state index in [0.29, 0.717) is 5.92 Å². The molecule has 0 heterocycles. The van der Waals surface area contributed by atoms with Crippen LogP contribution in [0, 0.1) is 17.8 Å². The number of carbonyl (C=O) groups is 1. The number of carbonyl (C=O) groups excluding carboxylic acids is 1. The van der Waals surface area contributed by atoms with Gasteiger partial charge in [-0.2, -0.15) is 0 Å². The van der Waals surface area contributed by atoms with Crippen LogP contribution in [0.4, 0.5) is 0 Å². The molecule has 0 saturated carbocycles. The molecule has 0 N–H and O–H groups in total. The lowest BCUT2D eigenvalue weighted by Crippen LogP contribution is -2.10. The zero-order chi connectivity index (χ0) is 14.1. The Morgan fingerprint density at radius 2 is 1.83 bits per heavy atom. The van der Waals surface area contributed by atoms with Gasteiger partial charge in [-0.05, 0) is 54.7 Å². The fourth-order valence-electron chi connectivity index (χ4n) is 2.08. The Labute approximate surface area is 117 Å². The standard InChI is InChI=1S/C16H27ClO/c1-6-14(4)15(5)10-12(2)8-7-9-13(3)11-16(17)18/h7,9,11-12,14-15H,6,8,10H2,1-5H3/b9-7+,13-11+. The molecule has 1 nitrogen and oxygen atoms in total. The first kappa shape index (κ1) is 17.4. The highest BCUT2D eigenvalue weighted by Gasteiger charge is 2.13. The van der Waals surface area contributed by atoms with Crippen LogP contribution >= 0.6 is 11.6 Å². The lowest BCUT2D eigenvalue weighted by molar-refractivity contribution is -0.107. The Kier molecular flexibility index (Phi) is 9.09. The van der Waals surface area contributed by atoms with Gasteiger partial charge in [0.05, 0.1) is 0 Å². The summed E-state index contributed by atoms with van der Waals surface area (Å²) in [5.74, 6) is 2.26. The third-order valence-corrected chi connectivity index (χ3v) is 3.76. The number of allylic oxidation sites excluding steroid dienone is 4. The van der Waals surface area contributed by atoms with E-state index in [2.05, 4.69) is 33.8 Å². The molecule has 18 heavy (non-hydrogen) atoms. The van der Waals surface area contributed by atoms with Crippen molar-refractivity contribution in [3.8, 4) is 0 Å². The molecule has 0 radical (unpaired) electrons. The lowest BCUT2D eigenvalue weighted by Gasteiger charge is -2.21. The fraction of sp³-hybridized carbons (Fsp3) is 0.688. The van der Waals surface area contributed by atoms with Gasteiger partial charge >= 0.3 is 0 Å². The van der Waals surface area contributed by atoms with E-state index in [0.717, 1.165) is 23.8 Å². The van der Waals surface area contributed by atoms with Gasteiger partial charge < -0.3 is 0 Å². The molecule has 0 aliphatic carbocycles. The Hall–Kier alpha value is -0.560. The minimum absolute atomic E-state index is 0.407. The summed E-state index contributed by atoms with van der Waals surface area (Å²) in [5, 5.41) is -0.407. The first-order valence-electron chi connectivity index (χ1n) is 6.91. The summed E-state index contributed by atoms with van der Waals surface area (Å²) in [7, 11) is 0. The summed E-state index contributed by atoms with van der Waals surface area (Å²) in [5.41, 5.74) is 0.914. The van der Waals surface area contributed by atoms with Crippen LogP contribution in [0.1, 0.15) is 53.9 Å². The Bertz CT molecular complexity index is 304. The number of hydrogen-bond donors (Lipinski definition) is 0. The van der Waals surface area contributed by atoms with E-state index in [4.69, 9.17) is 11.6 Å². The van der Waals surface area contributed by atoms with Crippen LogP contribution in [0.5, 0.6) is 0 Å². The van der Waals surface area contributed by atoms with Crippen LogP contribution in [-0.4, -0.2) is 5.24 Å². The Morgan fingerprint density at radius 1 is 1.22 bits per heavy atom. The highest BCUT2D eigenvalue weighted by atomic mass is 35.5. The van der Waals surface area contributed by atoms with Gasteiger partial charge in [0, 0.05) is 6.08 Å². The van der Waals surface area contributed by atoms with E-state index in [1.54, 1.807) is 0 Å². The van der Waals surface area contributed by atoms with Gasteiger partial charge in [0.1, 0.15) is 0 Å².